The molecule has 3 aliphatic rings. The van der Waals surface area contributed by atoms with Gasteiger partial charge in [-0.05, 0) is 72.8 Å². The Kier molecular flexibility index (Phi) is 6.55. The first kappa shape index (κ1) is 23.7. The van der Waals surface area contributed by atoms with Crippen LogP contribution in [0.5, 0.6) is 0 Å². The third-order valence-corrected chi connectivity index (χ3v) is 7.15. The van der Waals surface area contributed by atoms with Crippen molar-refractivity contribution in [3.05, 3.63) is 35.5 Å². The van der Waals surface area contributed by atoms with E-state index in [0.29, 0.717) is 24.0 Å². The number of rotatable bonds is 8. The topological polar surface area (TPSA) is 77.7 Å². The smallest absolute Gasteiger partial charge is 0.333 e. The highest BCUT2D eigenvalue weighted by atomic mass is 16.6. The Morgan fingerprint density at radius 2 is 1.65 bits per heavy atom. The predicted octanol–water partition coefficient (Wildman–Crippen LogP) is 4.43. The number of hydrogen-bond donors (Lipinski definition) is 0. The molecule has 6 atom stereocenters. The molecule has 2 unspecified atom stereocenters. The number of fused-ring (bicyclic) bond motifs is 1. The molecule has 6 nitrogen and oxygen atoms in total. The Balaban J connectivity index is 1.73. The van der Waals surface area contributed by atoms with Gasteiger partial charge in [-0.2, -0.15) is 0 Å². The van der Waals surface area contributed by atoms with Crippen molar-refractivity contribution in [1.82, 2.24) is 0 Å². The van der Waals surface area contributed by atoms with E-state index in [1.165, 1.54) is 0 Å². The van der Waals surface area contributed by atoms with Gasteiger partial charge in [-0.25, -0.2) is 9.59 Å². The van der Waals surface area contributed by atoms with Crippen molar-refractivity contribution in [1.29, 1.82) is 0 Å². The molecule has 2 aliphatic heterocycles. The molecule has 3 fully saturated rings. The number of epoxide rings is 2. The minimum Gasteiger partial charge on any atom is -0.456 e. The zero-order valence-electron chi connectivity index (χ0n) is 19.8. The molecule has 0 spiro atoms. The minimum absolute atomic E-state index is 0.00829. The zero-order chi connectivity index (χ0) is 23.1. The van der Waals surface area contributed by atoms with Gasteiger partial charge in [-0.1, -0.05) is 18.7 Å². The normalized spacial score (nSPS) is 34.9. The molecule has 1 saturated carbocycles. The molecule has 0 aromatic rings. The summed E-state index contributed by atoms with van der Waals surface area (Å²) in [6.45, 7) is 17.5. The van der Waals surface area contributed by atoms with Crippen molar-refractivity contribution in [2.45, 2.75) is 103 Å². The number of carbonyl (C=O) groups is 2. The van der Waals surface area contributed by atoms with Crippen LogP contribution in [0.1, 0.15) is 67.7 Å². The lowest BCUT2D eigenvalue weighted by Gasteiger charge is -2.34. The Bertz CT molecular complexity index is 822. The molecule has 0 aromatic heterocycles. The highest BCUT2D eigenvalue weighted by Gasteiger charge is 2.63. The third kappa shape index (κ3) is 4.96. The summed E-state index contributed by atoms with van der Waals surface area (Å²) in [5, 5.41) is 0. The summed E-state index contributed by atoms with van der Waals surface area (Å²) >= 11 is 0. The lowest BCUT2D eigenvalue weighted by molar-refractivity contribution is -0.149. The Hall–Kier alpha value is -1.92. The standard InChI is InChI=1S/C25H36O6/c1-9-14(3)22(26)28-18(13-19-24(6,7)30-19)16(5)17-11-20(25(8)21(12-17)31-25)29-23(27)15(4)10-2/h9-10,17-21H,5,11-13H2,1-4,6-8H3/b14-9-,15-10-/t17-,18?,19?,20+,21-,25+/m0/s1. The van der Waals surface area contributed by atoms with Crippen LogP contribution in [0.2, 0.25) is 0 Å². The average Bonchev–Trinajstić information content (AvgIpc) is 3.58. The summed E-state index contributed by atoms with van der Waals surface area (Å²) in [5.74, 6) is -0.647. The molecule has 0 aromatic carbocycles. The number of carbonyl (C=O) groups excluding carboxylic acids is 2. The largest absolute Gasteiger partial charge is 0.456 e. The molecule has 6 heteroatoms. The van der Waals surface area contributed by atoms with E-state index < -0.39 is 11.7 Å². The molecule has 3 rings (SSSR count). The molecule has 1 aliphatic carbocycles. The fourth-order valence-corrected chi connectivity index (χ4v) is 4.23. The molecule has 2 heterocycles. The monoisotopic (exact) mass is 432 g/mol. The lowest BCUT2D eigenvalue weighted by Crippen LogP contribution is -2.42. The van der Waals surface area contributed by atoms with Crippen molar-refractivity contribution in [2.24, 2.45) is 5.92 Å². The maximum Gasteiger partial charge on any atom is 0.333 e. The van der Waals surface area contributed by atoms with Crippen molar-refractivity contribution >= 4 is 11.9 Å². The molecule has 172 valence electrons. The van der Waals surface area contributed by atoms with Gasteiger partial charge in [-0.3, -0.25) is 0 Å². The van der Waals surface area contributed by atoms with Gasteiger partial charge in [0.2, 0.25) is 0 Å². The molecular weight excluding hydrogens is 396 g/mol. The molecule has 31 heavy (non-hydrogen) atoms. The van der Waals surface area contributed by atoms with Crippen molar-refractivity contribution in [2.75, 3.05) is 0 Å². The zero-order valence-corrected chi connectivity index (χ0v) is 19.8. The SMILES string of the molecule is C=C(C(CC1OC1(C)C)OC(=O)/C(C)=C\C)[C@@H]1C[C@@H]2O[C@]2(C)[C@H](OC(=O)/C(C)=C\C)C1. The number of allylic oxidation sites excluding steroid dienone is 2. The Morgan fingerprint density at radius 3 is 2.19 bits per heavy atom. The van der Waals surface area contributed by atoms with Gasteiger partial charge >= 0.3 is 11.9 Å². The molecular formula is C25H36O6. The van der Waals surface area contributed by atoms with Crippen LogP contribution in [0.15, 0.2) is 35.5 Å². The Labute approximate surface area is 185 Å². The number of esters is 2. The number of ether oxygens (including phenoxy) is 4. The molecule has 0 bridgehead atoms. The van der Waals surface area contributed by atoms with Crippen LogP contribution in [0.3, 0.4) is 0 Å². The molecule has 0 N–H and O–H groups in total. The van der Waals surface area contributed by atoms with Crippen LogP contribution >= 0.6 is 0 Å². The van der Waals surface area contributed by atoms with E-state index in [1.807, 2.05) is 34.6 Å². The average molecular weight is 433 g/mol. The quantitative estimate of drug-likeness (QED) is 0.244. The van der Waals surface area contributed by atoms with E-state index in [0.717, 1.165) is 12.0 Å². The second-order valence-corrected chi connectivity index (χ2v) is 9.71. The highest BCUT2D eigenvalue weighted by Crippen LogP contribution is 2.53. The maximum absolute atomic E-state index is 12.5. The van der Waals surface area contributed by atoms with Crippen molar-refractivity contribution in [3.63, 3.8) is 0 Å². The van der Waals surface area contributed by atoms with E-state index in [-0.39, 0.29) is 41.8 Å². The fraction of sp³-hybridized carbons (Fsp3) is 0.680. The first-order valence-corrected chi connectivity index (χ1v) is 11.1. The summed E-state index contributed by atoms with van der Waals surface area (Å²) in [5.41, 5.74) is 1.31. The molecule has 2 saturated heterocycles. The van der Waals surface area contributed by atoms with E-state index in [2.05, 4.69) is 6.58 Å². The summed E-state index contributed by atoms with van der Waals surface area (Å²) in [7, 11) is 0. The number of hydrogen-bond acceptors (Lipinski definition) is 6. The first-order valence-electron chi connectivity index (χ1n) is 11.1. The van der Waals surface area contributed by atoms with Gasteiger partial charge < -0.3 is 18.9 Å². The minimum atomic E-state index is -0.462. The fourth-order valence-electron chi connectivity index (χ4n) is 4.23. The van der Waals surface area contributed by atoms with Crippen LogP contribution < -0.4 is 0 Å². The highest BCUT2D eigenvalue weighted by molar-refractivity contribution is 5.88. The van der Waals surface area contributed by atoms with Crippen LogP contribution in [-0.4, -0.2) is 47.6 Å². The second-order valence-electron chi connectivity index (χ2n) is 9.71. The first-order chi connectivity index (χ1) is 14.4. The summed E-state index contributed by atoms with van der Waals surface area (Å²) in [6.07, 6.45) is 4.62. The predicted molar refractivity (Wildman–Crippen MR) is 117 cm³/mol. The Morgan fingerprint density at radius 1 is 1.06 bits per heavy atom. The van der Waals surface area contributed by atoms with Crippen LogP contribution in [-0.2, 0) is 28.5 Å². The summed E-state index contributed by atoms with van der Waals surface area (Å²) < 4.78 is 23.4. The molecule has 0 radical (unpaired) electrons. The molecule has 0 amide bonds. The van der Waals surface area contributed by atoms with Gasteiger partial charge in [0, 0.05) is 17.6 Å². The summed E-state index contributed by atoms with van der Waals surface area (Å²) in [6, 6.07) is 0. The summed E-state index contributed by atoms with van der Waals surface area (Å²) in [4.78, 5) is 24.9. The van der Waals surface area contributed by atoms with E-state index in [9.17, 15) is 9.59 Å². The van der Waals surface area contributed by atoms with Crippen LogP contribution in [0.4, 0.5) is 0 Å². The van der Waals surface area contributed by atoms with Crippen LogP contribution in [0, 0.1) is 5.92 Å². The lowest BCUT2D eigenvalue weighted by atomic mass is 9.75. The van der Waals surface area contributed by atoms with Gasteiger partial charge in [0.1, 0.15) is 17.8 Å². The van der Waals surface area contributed by atoms with Crippen LogP contribution in [0.25, 0.3) is 0 Å². The maximum atomic E-state index is 12.5. The third-order valence-electron chi connectivity index (χ3n) is 7.15. The van der Waals surface area contributed by atoms with Gasteiger partial charge in [0.15, 0.2) is 0 Å². The van der Waals surface area contributed by atoms with Crippen molar-refractivity contribution in [3.8, 4) is 0 Å². The van der Waals surface area contributed by atoms with Gasteiger partial charge in [0.05, 0.1) is 17.8 Å². The van der Waals surface area contributed by atoms with E-state index >= 15 is 0 Å². The van der Waals surface area contributed by atoms with Crippen molar-refractivity contribution < 1.29 is 28.5 Å². The second kappa shape index (κ2) is 8.55. The van der Waals surface area contributed by atoms with Gasteiger partial charge in [-0.15, -0.1) is 0 Å². The van der Waals surface area contributed by atoms with E-state index in [1.54, 1.807) is 26.0 Å². The van der Waals surface area contributed by atoms with Gasteiger partial charge in [0.25, 0.3) is 0 Å². The van der Waals surface area contributed by atoms with E-state index in [4.69, 9.17) is 18.9 Å².